The lowest BCUT2D eigenvalue weighted by molar-refractivity contribution is -0.120. The first-order valence-corrected chi connectivity index (χ1v) is 5.13. The van der Waals surface area contributed by atoms with Gasteiger partial charge in [-0.05, 0) is 32.0 Å². The molecule has 4 heteroatoms. The fourth-order valence-electron chi connectivity index (χ4n) is 1.67. The Balaban J connectivity index is 1.99. The first-order chi connectivity index (χ1) is 7.27. The van der Waals surface area contributed by atoms with Gasteiger partial charge in [0.15, 0.2) is 0 Å². The maximum Gasteiger partial charge on any atom is 0.231 e. The molecular weight excluding hydrogens is 190 g/mol. The van der Waals surface area contributed by atoms with Crippen molar-refractivity contribution < 1.29 is 4.79 Å². The van der Waals surface area contributed by atoms with Crippen molar-refractivity contribution in [2.45, 2.75) is 12.8 Å². The van der Waals surface area contributed by atoms with E-state index >= 15 is 0 Å². The molecule has 15 heavy (non-hydrogen) atoms. The molecule has 0 aromatic carbocycles. The Hall–Kier alpha value is -1.42. The molecule has 0 unspecified atom stereocenters. The van der Waals surface area contributed by atoms with Gasteiger partial charge < -0.3 is 10.6 Å². The van der Waals surface area contributed by atoms with Gasteiger partial charge in [-0.1, -0.05) is 0 Å². The largest absolute Gasteiger partial charge is 0.324 e. The van der Waals surface area contributed by atoms with Gasteiger partial charge in [0.2, 0.25) is 5.91 Å². The Labute approximate surface area is 89.1 Å². The fraction of sp³-hybridized carbons (Fsp3) is 0.455. The smallest absolute Gasteiger partial charge is 0.231 e. The van der Waals surface area contributed by atoms with Crippen molar-refractivity contribution in [3.8, 4) is 0 Å². The summed E-state index contributed by atoms with van der Waals surface area (Å²) in [4.78, 5) is 15.9. The summed E-state index contributed by atoms with van der Waals surface area (Å²) in [6.07, 6.45) is 5.30. The number of nitrogens with zero attached hydrogens (tertiary/aromatic N) is 1. The summed E-state index contributed by atoms with van der Waals surface area (Å²) in [5.41, 5.74) is 0.592. The van der Waals surface area contributed by atoms with Crippen LogP contribution in [-0.4, -0.2) is 24.5 Å². The standard InChI is InChI=1S/C11H15N3O/c1-12-8-11(4-5-11)10(15)14-9-3-2-6-13-7-9/h2-3,6-7,12H,4-5,8H2,1H3,(H,14,15). The molecule has 1 amide bonds. The summed E-state index contributed by atoms with van der Waals surface area (Å²) in [6.45, 7) is 0.749. The molecule has 1 heterocycles. The molecule has 2 rings (SSSR count). The maximum atomic E-state index is 11.9. The Morgan fingerprint density at radius 1 is 1.60 bits per heavy atom. The fourth-order valence-corrected chi connectivity index (χ4v) is 1.67. The zero-order chi connectivity index (χ0) is 10.7. The number of anilines is 1. The number of carbonyl (C=O) groups is 1. The number of carbonyl (C=O) groups excluding carboxylic acids is 1. The average molecular weight is 205 g/mol. The van der Waals surface area contributed by atoms with Crippen molar-refractivity contribution in [1.29, 1.82) is 0 Å². The van der Waals surface area contributed by atoms with E-state index in [-0.39, 0.29) is 11.3 Å². The zero-order valence-electron chi connectivity index (χ0n) is 8.79. The van der Waals surface area contributed by atoms with E-state index in [9.17, 15) is 4.79 Å². The van der Waals surface area contributed by atoms with Crippen LogP contribution in [0.5, 0.6) is 0 Å². The molecule has 0 saturated heterocycles. The van der Waals surface area contributed by atoms with Gasteiger partial charge in [0.25, 0.3) is 0 Å². The van der Waals surface area contributed by atoms with E-state index in [1.807, 2.05) is 19.2 Å². The van der Waals surface area contributed by atoms with Gasteiger partial charge in [0.1, 0.15) is 0 Å². The van der Waals surface area contributed by atoms with Crippen molar-refractivity contribution in [2.75, 3.05) is 18.9 Å². The van der Waals surface area contributed by atoms with E-state index in [2.05, 4.69) is 15.6 Å². The van der Waals surface area contributed by atoms with Gasteiger partial charge >= 0.3 is 0 Å². The molecule has 0 spiro atoms. The number of hydrogen-bond donors (Lipinski definition) is 2. The molecule has 1 saturated carbocycles. The topological polar surface area (TPSA) is 54.0 Å². The molecule has 0 radical (unpaired) electrons. The molecule has 1 aromatic heterocycles. The molecule has 0 aliphatic heterocycles. The first-order valence-electron chi connectivity index (χ1n) is 5.13. The molecular formula is C11H15N3O. The predicted molar refractivity (Wildman–Crippen MR) is 58.5 cm³/mol. The summed E-state index contributed by atoms with van der Waals surface area (Å²) in [5.74, 6) is 0.102. The lowest BCUT2D eigenvalue weighted by atomic mass is 10.1. The van der Waals surface area contributed by atoms with Crippen molar-refractivity contribution in [1.82, 2.24) is 10.3 Å². The van der Waals surface area contributed by atoms with Gasteiger partial charge in [-0.25, -0.2) is 0 Å². The second-order valence-corrected chi connectivity index (χ2v) is 4.01. The summed E-state index contributed by atoms with van der Waals surface area (Å²) in [6, 6.07) is 3.66. The second-order valence-electron chi connectivity index (χ2n) is 4.01. The normalized spacial score (nSPS) is 17.1. The highest BCUT2D eigenvalue weighted by Crippen LogP contribution is 2.45. The number of pyridine rings is 1. The van der Waals surface area contributed by atoms with Crippen LogP contribution in [0.1, 0.15) is 12.8 Å². The van der Waals surface area contributed by atoms with Crippen LogP contribution in [0.3, 0.4) is 0 Å². The highest BCUT2D eigenvalue weighted by Gasteiger charge is 2.49. The van der Waals surface area contributed by atoms with E-state index < -0.39 is 0 Å². The van der Waals surface area contributed by atoms with E-state index in [0.717, 1.165) is 25.1 Å². The van der Waals surface area contributed by atoms with Crippen LogP contribution in [0.15, 0.2) is 24.5 Å². The molecule has 4 nitrogen and oxygen atoms in total. The third-order valence-corrected chi connectivity index (χ3v) is 2.77. The van der Waals surface area contributed by atoms with Crippen molar-refractivity contribution >= 4 is 11.6 Å². The lowest BCUT2D eigenvalue weighted by Crippen LogP contribution is -2.32. The highest BCUT2D eigenvalue weighted by molar-refractivity contribution is 5.97. The minimum absolute atomic E-state index is 0.102. The molecule has 1 aromatic rings. The average Bonchev–Trinajstić information content (AvgIpc) is 3.01. The summed E-state index contributed by atoms with van der Waals surface area (Å²) < 4.78 is 0. The van der Waals surface area contributed by atoms with Crippen LogP contribution in [0.4, 0.5) is 5.69 Å². The van der Waals surface area contributed by atoms with Crippen LogP contribution in [0, 0.1) is 5.41 Å². The quantitative estimate of drug-likeness (QED) is 0.771. The minimum Gasteiger partial charge on any atom is -0.324 e. The van der Waals surface area contributed by atoms with E-state index in [1.165, 1.54) is 0 Å². The van der Waals surface area contributed by atoms with E-state index in [1.54, 1.807) is 12.4 Å². The molecule has 1 fully saturated rings. The third kappa shape index (κ3) is 2.15. The molecule has 80 valence electrons. The van der Waals surface area contributed by atoms with Crippen molar-refractivity contribution in [3.05, 3.63) is 24.5 Å². The van der Waals surface area contributed by atoms with Crippen molar-refractivity contribution in [3.63, 3.8) is 0 Å². The highest BCUT2D eigenvalue weighted by atomic mass is 16.2. The minimum atomic E-state index is -0.176. The molecule has 2 N–H and O–H groups in total. The third-order valence-electron chi connectivity index (χ3n) is 2.77. The molecule has 0 bridgehead atoms. The Morgan fingerprint density at radius 2 is 2.40 bits per heavy atom. The van der Waals surface area contributed by atoms with Gasteiger partial charge in [-0.15, -0.1) is 0 Å². The number of amides is 1. The number of aromatic nitrogens is 1. The van der Waals surface area contributed by atoms with E-state index in [0.29, 0.717) is 0 Å². The monoisotopic (exact) mass is 205 g/mol. The van der Waals surface area contributed by atoms with Crippen LogP contribution >= 0.6 is 0 Å². The van der Waals surface area contributed by atoms with E-state index in [4.69, 9.17) is 0 Å². The molecule has 0 atom stereocenters. The number of nitrogens with one attached hydrogen (secondary N) is 2. The van der Waals surface area contributed by atoms with Crippen LogP contribution < -0.4 is 10.6 Å². The summed E-state index contributed by atoms with van der Waals surface area (Å²) in [7, 11) is 1.87. The van der Waals surface area contributed by atoms with Crippen LogP contribution in [-0.2, 0) is 4.79 Å². The number of rotatable bonds is 4. The zero-order valence-corrected chi connectivity index (χ0v) is 8.79. The van der Waals surface area contributed by atoms with Gasteiger partial charge in [0.05, 0.1) is 17.3 Å². The first kappa shape index (κ1) is 10.1. The van der Waals surface area contributed by atoms with Crippen LogP contribution in [0.2, 0.25) is 0 Å². The van der Waals surface area contributed by atoms with Gasteiger partial charge in [0, 0.05) is 12.7 Å². The van der Waals surface area contributed by atoms with Gasteiger partial charge in [-0.2, -0.15) is 0 Å². The SMILES string of the molecule is CNCC1(C(=O)Nc2cccnc2)CC1. The summed E-state index contributed by atoms with van der Waals surface area (Å²) in [5, 5.41) is 5.95. The van der Waals surface area contributed by atoms with Crippen LogP contribution in [0.25, 0.3) is 0 Å². The maximum absolute atomic E-state index is 11.9. The predicted octanol–water partition coefficient (Wildman–Crippen LogP) is 1.02. The number of hydrogen-bond acceptors (Lipinski definition) is 3. The second kappa shape index (κ2) is 3.98. The summed E-state index contributed by atoms with van der Waals surface area (Å²) >= 11 is 0. The lowest BCUT2D eigenvalue weighted by Gasteiger charge is -2.14. The van der Waals surface area contributed by atoms with Crippen molar-refractivity contribution in [2.24, 2.45) is 5.41 Å². The molecule has 1 aliphatic rings. The Bertz CT molecular complexity index is 346. The molecule has 1 aliphatic carbocycles. The Morgan fingerprint density at radius 3 is 2.93 bits per heavy atom. The van der Waals surface area contributed by atoms with Gasteiger partial charge in [-0.3, -0.25) is 9.78 Å². The Kier molecular flexibility index (Phi) is 2.68.